The van der Waals surface area contributed by atoms with Crippen LogP contribution in [-0.4, -0.2) is 35.5 Å². The van der Waals surface area contributed by atoms with Crippen LogP contribution < -0.4 is 0 Å². The van der Waals surface area contributed by atoms with Crippen LogP contribution in [0.5, 0.6) is 0 Å². The molecule has 150 valence electrons. The van der Waals surface area contributed by atoms with E-state index < -0.39 is 18.0 Å². The van der Waals surface area contributed by atoms with Crippen LogP contribution in [0.4, 0.5) is 0 Å². The fourth-order valence-corrected chi connectivity index (χ4v) is 4.30. The Hall–Kier alpha value is -3.08. The van der Waals surface area contributed by atoms with Crippen LogP contribution in [0.3, 0.4) is 0 Å². The third kappa shape index (κ3) is 3.65. The molecule has 1 amide bonds. The lowest BCUT2D eigenvalue weighted by atomic mass is 9.83. The molecule has 0 radical (unpaired) electrons. The Labute approximate surface area is 170 Å². The second-order valence-corrected chi connectivity index (χ2v) is 7.48. The Balaban J connectivity index is 1.69. The molecule has 0 N–H and O–H groups in total. The highest BCUT2D eigenvalue weighted by Gasteiger charge is 2.54. The molecule has 5 heteroatoms. The van der Waals surface area contributed by atoms with Gasteiger partial charge in [0.15, 0.2) is 0 Å². The van der Waals surface area contributed by atoms with Crippen molar-refractivity contribution >= 4 is 17.6 Å². The number of amides is 1. The van der Waals surface area contributed by atoms with Gasteiger partial charge in [0, 0.05) is 24.1 Å². The van der Waals surface area contributed by atoms with Crippen molar-refractivity contribution in [3.05, 3.63) is 77.9 Å². The lowest BCUT2D eigenvalue weighted by Gasteiger charge is -2.33. The molecule has 1 fully saturated rings. The topological polar surface area (TPSA) is 55.8 Å². The van der Waals surface area contributed by atoms with E-state index in [9.17, 15) is 9.59 Å². The maximum atomic E-state index is 13.3. The summed E-state index contributed by atoms with van der Waals surface area (Å²) in [7, 11) is 0. The number of carbonyl (C=O) groups excluding carboxylic acids is 2. The summed E-state index contributed by atoms with van der Waals surface area (Å²) in [5, 5.41) is 0. The Bertz CT molecular complexity index is 909. The lowest BCUT2D eigenvalue weighted by molar-refractivity contribution is -0.157. The first-order valence-corrected chi connectivity index (χ1v) is 10.0. The lowest BCUT2D eigenvalue weighted by Crippen LogP contribution is -2.43. The summed E-state index contributed by atoms with van der Waals surface area (Å²) in [6.07, 6.45) is 1.07. The third-order valence-electron chi connectivity index (χ3n) is 5.74. The van der Waals surface area contributed by atoms with E-state index in [1.54, 1.807) is 6.92 Å². The molecule has 4 rings (SSSR count). The van der Waals surface area contributed by atoms with Crippen molar-refractivity contribution in [2.24, 2.45) is 11.8 Å². The van der Waals surface area contributed by atoms with Gasteiger partial charge in [-0.15, -0.1) is 0 Å². The van der Waals surface area contributed by atoms with E-state index in [1.807, 2.05) is 78.6 Å². The van der Waals surface area contributed by atoms with Crippen molar-refractivity contribution in [2.45, 2.75) is 32.5 Å². The van der Waals surface area contributed by atoms with Gasteiger partial charge in [-0.25, -0.2) is 4.79 Å². The van der Waals surface area contributed by atoms with Crippen LogP contribution in [0.25, 0.3) is 5.76 Å². The van der Waals surface area contributed by atoms with Crippen molar-refractivity contribution in [2.75, 3.05) is 6.61 Å². The van der Waals surface area contributed by atoms with Gasteiger partial charge in [-0.1, -0.05) is 60.7 Å². The van der Waals surface area contributed by atoms with Crippen molar-refractivity contribution in [3.63, 3.8) is 0 Å². The SMILES string of the molecule is CCOC(=O)[C@H]1OC(c2ccccc2)=C[C@@H]2C(=O)N(Cc3ccccc3)[C@@H](C)[C@@H]21. The number of nitrogens with zero attached hydrogens (tertiary/aromatic N) is 1. The summed E-state index contributed by atoms with van der Waals surface area (Å²) in [5.74, 6) is -0.514. The largest absolute Gasteiger partial charge is 0.478 e. The van der Waals surface area contributed by atoms with E-state index in [1.165, 1.54) is 0 Å². The highest BCUT2D eigenvalue weighted by Crippen LogP contribution is 2.43. The van der Waals surface area contributed by atoms with E-state index in [-0.39, 0.29) is 24.5 Å². The predicted octanol–water partition coefficient (Wildman–Crippen LogP) is 3.65. The van der Waals surface area contributed by atoms with E-state index in [2.05, 4.69) is 0 Å². The predicted molar refractivity (Wildman–Crippen MR) is 109 cm³/mol. The molecule has 0 spiro atoms. The summed E-state index contributed by atoms with van der Waals surface area (Å²) in [4.78, 5) is 27.9. The van der Waals surface area contributed by atoms with Gasteiger partial charge in [0.1, 0.15) is 5.76 Å². The highest BCUT2D eigenvalue weighted by molar-refractivity contribution is 5.89. The number of benzene rings is 2. The first kappa shape index (κ1) is 19.2. The van der Waals surface area contributed by atoms with Crippen molar-refractivity contribution < 1.29 is 19.1 Å². The average molecular weight is 391 g/mol. The summed E-state index contributed by atoms with van der Waals surface area (Å²) in [5.41, 5.74) is 1.91. The monoisotopic (exact) mass is 391 g/mol. The minimum Gasteiger partial charge on any atom is -0.478 e. The Morgan fingerprint density at radius 1 is 1.07 bits per heavy atom. The number of hydrogen-bond acceptors (Lipinski definition) is 4. The standard InChI is InChI=1S/C24H25NO4/c1-3-28-24(27)22-21-16(2)25(15-17-10-6-4-7-11-17)23(26)19(21)14-20(29-22)18-12-8-5-9-13-18/h4-14,16,19,21-22H,3,15H2,1-2H3/t16-,19-,21-,22-/m0/s1. The summed E-state index contributed by atoms with van der Waals surface area (Å²) < 4.78 is 11.4. The van der Waals surface area contributed by atoms with E-state index >= 15 is 0 Å². The molecule has 2 aliphatic rings. The molecule has 2 aromatic carbocycles. The number of hydrogen-bond donors (Lipinski definition) is 0. The van der Waals surface area contributed by atoms with Gasteiger partial charge < -0.3 is 14.4 Å². The molecule has 2 heterocycles. The minimum absolute atomic E-state index is 0.0254. The first-order valence-electron chi connectivity index (χ1n) is 10.0. The molecule has 0 aromatic heterocycles. The Morgan fingerprint density at radius 3 is 2.38 bits per heavy atom. The number of esters is 1. The Kier molecular flexibility index (Phi) is 5.38. The molecule has 0 unspecified atom stereocenters. The minimum atomic E-state index is -0.806. The van der Waals surface area contributed by atoms with Crippen molar-refractivity contribution in [1.29, 1.82) is 0 Å². The zero-order valence-corrected chi connectivity index (χ0v) is 16.7. The van der Waals surface area contributed by atoms with Gasteiger partial charge in [0.2, 0.25) is 12.0 Å². The number of ether oxygens (including phenoxy) is 2. The van der Waals surface area contributed by atoms with Gasteiger partial charge >= 0.3 is 5.97 Å². The summed E-state index contributed by atoms with van der Waals surface area (Å²) >= 11 is 0. The first-order chi connectivity index (χ1) is 14.1. The zero-order valence-electron chi connectivity index (χ0n) is 16.7. The Morgan fingerprint density at radius 2 is 1.72 bits per heavy atom. The highest BCUT2D eigenvalue weighted by atomic mass is 16.6. The maximum absolute atomic E-state index is 13.3. The number of likely N-dealkylation sites (tertiary alicyclic amines) is 1. The quantitative estimate of drug-likeness (QED) is 0.730. The fourth-order valence-electron chi connectivity index (χ4n) is 4.30. The van der Waals surface area contributed by atoms with E-state index in [4.69, 9.17) is 9.47 Å². The third-order valence-corrected chi connectivity index (χ3v) is 5.74. The molecule has 0 bridgehead atoms. The summed E-state index contributed by atoms with van der Waals surface area (Å²) in [6, 6.07) is 19.3. The molecule has 2 aromatic rings. The van der Waals surface area contributed by atoms with Crippen LogP contribution in [0.1, 0.15) is 25.0 Å². The molecule has 29 heavy (non-hydrogen) atoms. The zero-order chi connectivity index (χ0) is 20.4. The van der Waals surface area contributed by atoms with Crippen LogP contribution in [0.15, 0.2) is 66.7 Å². The number of rotatable bonds is 5. The smallest absolute Gasteiger partial charge is 0.347 e. The molecular weight excluding hydrogens is 366 g/mol. The van der Waals surface area contributed by atoms with Crippen LogP contribution in [-0.2, 0) is 25.6 Å². The molecule has 4 atom stereocenters. The van der Waals surface area contributed by atoms with E-state index in [0.717, 1.165) is 11.1 Å². The molecular formula is C24H25NO4. The van der Waals surface area contributed by atoms with Crippen LogP contribution in [0.2, 0.25) is 0 Å². The number of carbonyl (C=O) groups is 2. The molecule has 0 aliphatic carbocycles. The van der Waals surface area contributed by atoms with E-state index in [0.29, 0.717) is 12.3 Å². The van der Waals surface area contributed by atoms with Crippen molar-refractivity contribution in [3.8, 4) is 0 Å². The molecule has 5 nitrogen and oxygen atoms in total. The second kappa shape index (κ2) is 8.11. The van der Waals surface area contributed by atoms with Crippen molar-refractivity contribution in [1.82, 2.24) is 4.90 Å². The molecule has 2 aliphatic heterocycles. The van der Waals surface area contributed by atoms with Gasteiger partial charge in [0.05, 0.1) is 12.5 Å². The van der Waals surface area contributed by atoms with Gasteiger partial charge in [0.25, 0.3) is 0 Å². The van der Waals surface area contributed by atoms with Crippen LogP contribution in [0, 0.1) is 11.8 Å². The van der Waals surface area contributed by atoms with Crippen LogP contribution >= 0.6 is 0 Å². The number of fused-ring (bicyclic) bond motifs is 1. The average Bonchev–Trinajstić information content (AvgIpc) is 2.99. The normalized spacial score (nSPS) is 25.8. The van der Waals surface area contributed by atoms with Gasteiger partial charge in [-0.05, 0) is 25.5 Å². The van der Waals surface area contributed by atoms with Gasteiger partial charge in [-0.3, -0.25) is 4.79 Å². The van der Waals surface area contributed by atoms with Gasteiger partial charge in [-0.2, -0.15) is 0 Å². The second-order valence-electron chi connectivity index (χ2n) is 7.48. The molecule has 0 saturated carbocycles. The summed E-state index contributed by atoms with van der Waals surface area (Å²) in [6.45, 7) is 4.55. The fraction of sp³-hybridized carbons (Fsp3) is 0.333. The molecule has 1 saturated heterocycles. The maximum Gasteiger partial charge on any atom is 0.347 e.